The fourth-order valence-corrected chi connectivity index (χ4v) is 8.41. The molecule has 0 amide bonds. The summed E-state index contributed by atoms with van der Waals surface area (Å²) in [7, 11) is 0. The summed E-state index contributed by atoms with van der Waals surface area (Å²) in [5.74, 6) is 1.17. The molecule has 2 heterocycles. The van der Waals surface area contributed by atoms with Crippen LogP contribution in [0.15, 0.2) is 121 Å². The molecule has 8 aromatic rings. The Kier molecular flexibility index (Phi) is 5.38. The molecule has 2 aliphatic rings. The molecule has 0 saturated carbocycles. The van der Waals surface area contributed by atoms with Crippen LogP contribution in [-0.2, 0) is 5.41 Å². The summed E-state index contributed by atoms with van der Waals surface area (Å²) in [6.45, 7) is 6.97. The molecule has 0 radical (unpaired) electrons. The second-order valence-electron chi connectivity index (χ2n) is 13.9. The van der Waals surface area contributed by atoms with Crippen molar-refractivity contribution in [2.24, 2.45) is 0 Å². The maximum absolute atomic E-state index is 5.62. The molecule has 47 heavy (non-hydrogen) atoms. The van der Waals surface area contributed by atoms with Crippen LogP contribution in [-0.4, -0.2) is 14.5 Å². The maximum atomic E-state index is 5.62. The van der Waals surface area contributed by atoms with Crippen LogP contribution >= 0.6 is 0 Å². The molecule has 3 nitrogen and oxygen atoms in total. The van der Waals surface area contributed by atoms with Crippen LogP contribution in [0.3, 0.4) is 0 Å². The third kappa shape index (κ3) is 3.68. The highest BCUT2D eigenvalue weighted by Crippen LogP contribution is 2.51. The van der Waals surface area contributed by atoms with E-state index in [-0.39, 0.29) is 5.41 Å². The highest BCUT2D eigenvalue weighted by Gasteiger charge is 2.40. The molecule has 0 fully saturated rings. The molecule has 1 atom stereocenters. The van der Waals surface area contributed by atoms with Gasteiger partial charge in [-0.3, -0.25) is 4.57 Å². The fraction of sp³-hybridized carbons (Fsp3) is 0.136. The van der Waals surface area contributed by atoms with E-state index < -0.39 is 0 Å². The standard InChI is InChI=1S/C44H33N3/c1-26-11-10-17-33-32(26)21-22-34-36-24-29-14-6-7-15-30(29)25-38(36)47(42(33)34)43-45-40(31-20-19-27-12-4-5-13-28(27)23-31)39-41(46-43)35-16-8-9-18-37(35)44(39,2)3/h4-10,12-26H,11H2,1-3H3. The Morgan fingerprint density at radius 2 is 1.38 bits per heavy atom. The van der Waals surface area contributed by atoms with Crippen molar-refractivity contribution in [3.8, 4) is 28.5 Å². The normalized spacial score (nSPS) is 16.2. The van der Waals surface area contributed by atoms with Crippen LogP contribution in [0.5, 0.6) is 0 Å². The summed E-state index contributed by atoms with van der Waals surface area (Å²) in [5.41, 5.74) is 11.6. The summed E-state index contributed by atoms with van der Waals surface area (Å²) in [4.78, 5) is 11.2. The van der Waals surface area contributed by atoms with Gasteiger partial charge in [-0.15, -0.1) is 0 Å². The molecular weight excluding hydrogens is 571 g/mol. The lowest BCUT2D eigenvalue weighted by Gasteiger charge is -2.24. The number of rotatable bonds is 2. The molecule has 2 aliphatic carbocycles. The van der Waals surface area contributed by atoms with Gasteiger partial charge in [-0.2, -0.15) is 0 Å². The predicted octanol–water partition coefficient (Wildman–Crippen LogP) is 11.4. The van der Waals surface area contributed by atoms with Crippen LogP contribution in [0.25, 0.3) is 77.9 Å². The molecule has 2 aromatic heterocycles. The zero-order valence-electron chi connectivity index (χ0n) is 26.8. The van der Waals surface area contributed by atoms with Crippen molar-refractivity contribution in [3.63, 3.8) is 0 Å². The lowest BCUT2D eigenvalue weighted by molar-refractivity contribution is 0.657. The summed E-state index contributed by atoms with van der Waals surface area (Å²) in [5, 5.41) is 7.35. The van der Waals surface area contributed by atoms with E-state index in [1.807, 2.05) is 0 Å². The van der Waals surface area contributed by atoms with E-state index in [0.29, 0.717) is 5.92 Å². The molecule has 0 aliphatic heterocycles. The summed E-state index contributed by atoms with van der Waals surface area (Å²) >= 11 is 0. The Labute approximate surface area is 273 Å². The van der Waals surface area contributed by atoms with E-state index in [9.17, 15) is 0 Å². The summed E-state index contributed by atoms with van der Waals surface area (Å²) in [6.07, 6.45) is 5.70. The van der Waals surface area contributed by atoms with Gasteiger partial charge < -0.3 is 0 Å². The second-order valence-corrected chi connectivity index (χ2v) is 13.9. The lowest BCUT2D eigenvalue weighted by atomic mass is 9.80. The molecule has 224 valence electrons. The third-order valence-electron chi connectivity index (χ3n) is 10.8. The van der Waals surface area contributed by atoms with Crippen molar-refractivity contribution in [2.45, 2.75) is 38.5 Å². The zero-order chi connectivity index (χ0) is 31.4. The summed E-state index contributed by atoms with van der Waals surface area (Å²) in [6, 6.07) is 42.1. The lowest BCUT2D eigenvalue weighted by Crippen LogP contribution is -2.18. The molecular formula is C44H33N3. The van der Waals surface area contributed by atoms with E-state index in [4.69, 9.17) is 9.97 Å². The van der Waals surface area contributed by atoms with Crippen LogP contribution in [0, 0.1) is 0 Å². The van der Waals surface area contributed by atoms with Crippen molar-refractivity contribution < 1.29 is 0 Å². The minimum Gasteiger partial charge on any atom is -0.277 e. The first kappa shape index (κ1) is 26.7. The first-order valence-electron chi connectivity index (χ1n) is 16.7. The van der Waals surface area contributed by atoms with Crippen molar-refractivity contribution in [1.29, 1.82) is 0 Å². The predicted molar refractivity (Wildman–Crippen MR) is 196 cm³/mol. The Hall–Kier alpha value is -5.54. The number of nitrogens with zero attached hydrogens (tertiary/aromatic N) is 3. The van der Waals surface area contributed by atoms with Gasteiger partial charge in [-0.1, -0.05) is 130 Å². The van der Waals surface area contributed by atoms with Gasteiger partial charge >= 0.3 is 0 Å². The Bertz CT molecular complexity index is 2650. The van der Waals surface area contributed by atoms with Gasteiger partial charge in [-0.05, 0) is 63.2 Å². The van der Waals surface area contributed by atoms with Crippen LogP contribution in [0.1, 0.15) is 55.4 Å². The van der Waals surface area contributed by atoms with Gasteiger partial charge in [0.05, 0.1) is 22.4 Å². The van der Waals surface area contributed by atoms with E-state index in [2.05, 4.69) is 153 Å². The molecule has 0 saturated heterocycles. The van der Waals surface area contributed by atoms with Crippen LogP contribution in [0.2, 0.25) is 0 Å². The molecule has 6 aromatic carbocycles. The molecule has 1 unspecified atom stereocenters. The number of fused-ring (bicyclic) bond motifs is 10. The van der Waals surface area contributed by atoms with Gasteiger partial charge in [-0.25, -0.2) is 9.97 Å². The average Bonchev–Trinajstić information content (AvgIpc) is 3.55. The average molecular weight is 604 g/mol. The van der Waals surface area contributed by atoms with E-state index in [0.717, 1.165) is 34.8 Å². The smallest absolute Gasteiger partial charge is 0.235 e. The molecule has 0 bridgehead atoms. The number of hydrogen-bond acceptors (Lipinski definition) is 2. The topological polar surface area (TPSA) is 30.7 Å². The number of benzene rings is 6. The summed E-state index contributed by atoms with van der Waals surface area (Å²) < 4.78 is 2.36. The van der Waals surface area contributed by atoms with Gasteiger partial charge in [0.25, 0.3) is 0 Å². The van der Waals surface area contributed by atoms with E-state index >= 15 is 0 Å². The van der Waals surface area contributed by atoms with E-state index in [1.54, 1.807) is 0 Å². The van der Waals surface area contributed by atoms with Crippen molar-refractivity contribution in [1.82, 2.24) is 14.5 Å². The highest BCUT2D eigenvalue weighted by molar-refractivity contribution is 6.15. The quantitative estimate of drug-likeness (QED) is 0.197. The van der Waals surface area contributed by atoms with Crippen molar-refractivity contribution in [3.05, 3.63) is 144 Å². The largest absolute Gasteiger partial charge is 0.277 e. The van der Waals surface area contributed by atoms with Crippen LogP contribution < -0.4 is 0 Å². The fourth-order valence-electron chi connectivity index (χ4n) is 8.41. The van der Waals surface area contributed by atoms with Crippen LogP contribution in [0.4, 0.5) is 0 Å². The number of aromatic nitrogens is 3. The molecule has 0 spiro atoms. The first-order chi connectivity index (χ1) is 23.0. The van der Waals surface area contributed by atoms with E-state index in [1.165, 1.54) is 65.7 Å². The molecule has 0 N–H and O–H groups in total. The van der Waals surface area contributed by atoms with Gasteiger partial charge in [0.1, 0.15) is 0 Å². The minimum absolute atomic E-state index is 0.250. The number of hydrogen-bond donors (Lipinski definition) is 0. The van der Waals surface area contributed by atoms with Gasteiger partial charge in [0.15, 0.2) is 0 Å². The minimum atomic E-state index is -0.250. The monoisotopic (exact) mass is 603 g/mol. The van der Waals surface area contributed by atoms with Crippen molar-refractivity contribution >= 4 is 49.4 Å². The maximum Gasteiger partial charge on any atom is 0.235 e. The van der Waals surface area contributed by atoms with Crippen molar-refractivity contribution in [2.75, 3.05) is 0 Å². The molecule has 10 rings (SSSR count). The highest BCUT2D eigenvalue weighted by atomic mass is 15.2. The number of allylic oxidation sites excluding steroid dienone is 1. The zero-order valence-corrected chi connectivity index (χ0v) is 26.8. The first-order valence-corrected chi connectivity index (χ1v) is 16.7. The third-order valence-corrected chi connectivity index (χ3v) is 10.8. The SMILES string of the molecule is CC1CC=Cc2c1ccc1c3cc4ccccc4cc3n(-c3nc(-c4ccc5ccccc5c4)c4c(n3)-c3ccccc3C4(C)C)c21. The second kappa shape index (κ2) is 9.49. The molecule has 3 heteroatoms. The van der Waals surface area contributed by atoms with Gasteiger partial charge in [0, 0.05) is 38.4 Å². The Morgan fingerprint density at radius 1 is 0.681 bits per heavy atom. The Morgan fingerprint density at radius 3 is 2.21 bits per heavy atom. The van der Waals surface area contributed by atoms with Gasteiger partial charge in [0.2, 0.25) is 5.95 Å². The Balaban J connectivity index is 1.38.